The quantitative estimate of drug-likeness (QED) is 0.768. The Bertz CT molecular complexity index is 225. The average molecular weight is 210 g/mol. The van der Waals surface area contributed by atoms with Crippen LogP contribution in [0.15, 0.2) is 0 Å². The Labute approximate surface area is 94.4 Å². The molecule has 3 unspecified atom stereocenters. The summed E-state index contributed by atoms with van der Waals surface area (Å²) >= 11 is 0. The van der Waals surface area contributed by atoms with Gasteiger partial charge in [-0.05, 0) is 39.5 Å². The molecule has 15 heavy (non-hydrogen) atoms. The molecule has 2 aliphatic rings. The topological polar surface area (TPSA) is 15.3 Å². The standard InChI is InChI=1S/C13H26N2/c1-5-6-11-7-12(11)15-9-13(3,4)14-8-10(15)2/h10-12,14H,5-9H2,1-4H3. The van der Waals surface area contributed by atoms with Crippen molar-refractivity contribution in [2.24, 2.45) is 5.92 Å². The first kappa shape index (κ1) is 11.4. The lowest BCUT2D eigenvalue weighted by Crippen LogP contribution is -2.61. The summed E-state index contributed by atoms with van der Waals surface area (Å²) < 4.78 is 0. The predicted octanol–water partition coefficient (Wildman–Crippen LogP) is 2.25. The molecule has 0 radical (unpaired) electrons. The summed E-state index contributed by atoms with van der Waals surface area (Å²) in [4.78, 5) is 2.75. The smallest absolute Gasteiger partial charge is 0.0253 e. The normalized spacial score (nSPS) is 40.4. The van der Waals surface area contributed by atoms with Gasteiger partial charge in [-0.1, -0.05) is 13.3 Å². The zero-order chi connectivity index (χ0) is 11.1. The van der Waals surface area contributed by atoms with E-state index in [2.05, 4.69) is 37.9 Å². The molecule has 0 spiro atoms. The van der Waals surface area contributed by atoms with Gasteiger partial charge < -0.3 is 5.32 Å². The zero-order valence-electron chi connectivity index (χ0n) is 10.7. The third-order valence-corrected chi connectivity index (χ3v) is 3.99. The SMILES string of the molecule is CCCC1CC1N1CC(C)(C)NCC1C. The molecule has 88 valence electrons. The number of rotatable bonds is 3. The van der Waals surface area contributed by atoms with Crippen molar-refractivity contribution in [2.75, 3.05) is 13.1 Å². The Kier molecular flexibility index (Phi) is 3.09. The zero-order valence-corrected chi connectivity index (χ0v) is 10.7. The summed E-state index contributed by atoms with van der Waals surface area (Å²) in [5, 5.41) is 3.63. The summed E-state index contributed by atoms with van der Waals surface area (Å²) in [5.41, 5.74) is 0.311. The van der Waals surface area contributed by atoms with E-state index in [0.717, 1.165) is 24.5 Å². The molecule has 0 bridgehead atoms. The van der Waals surface area contributed by atoms with E-state index in [1.54, 1.807) is 0 Å². The monoisotopic (exact) mass is 210 g/mol. The minimum Gasteiger partial charge on any atom is -0.309 e. The molecule has 1 N–H and O–H groups in total. The fourth-order valence-electron chi connectivity index (χ4n) is 2.97. The number of nitrogens with one attached hydrogen (secondary N) is 1. The molecule has 0 aromatic heterocycles. The van der Waals surface area contributed by atoms with Crippen LogP contribution >= 0.6 is 0 Å². The summed E-state index contributed by atoms with van der Waals surface area (Å²) in [7, 11) is 0. The third-order valence-electron chi connectivity index (χ3n) is 3.99. The first-order valence-corrected chi connectivity index (χ1v) is 6.54. The first-order valence-electron chi connectivity index (χ1n) is 6.54. The van der Waals surface area contributed by atoms with Crippen molar-refractivity contribution in [3.05, 3.63) is 0 Å². The highest BCUT2D eigenvalue weighted by atomic mass is 15.3. The largest absolute Gasteiger partial charge is 0.309 e. The molecule has 1 aliphatic carbocycles. The molecule has 0 aromatic carbocycles. The van der Waals surface area contributed by atoms with Gasteiger partial charge in [-0.25, -0.2) is 0 Å². The highest BCUT2D eigenvalue weighted by Gasteiger charge is 2.45. The number of piperazine rings is 1. The van der Waals surface area contributed by atoms with Gasteiger partial charge in [0.05, 0.1) is 0 Å². The number of hydrogen-bond acceptors (Lipinski definition) is 2. The van der Waals surface area contributed by atoms with Crippen molar-refractivity contribution in [3.8, 4) is 0 Å². The Morgan fingerprint density at radius 1 is 1.40 bits per heavy atom. The van der Waals surface area contributed by atoms with E-state index in [-0.39, 0.29) is 0 Å². The molecule has 2 rings (SSSR count). The minimum absolute atomic E-state index is 0.311. The van der Waals surface area contributed by atoms with Gasteiger partial charge in [0, 0.05) is 30.7 Å². The van der Waals surface area contributed by atoms with Crippen molar-refractivity contribution < 1.29 is 0 Å². The van der Waals surface area contributed by atoms with E-state index in [1.165, 1.54) is 25.8 Å². The summed E-state index contributed by atoms with van der Waals surface area (Å²) in [6.07, 6.45) is 4.24. The van der Waals surface area contributed by atoms with Crippen LogP contribution in [0.5, 0.6) is 0 Å². The van der Waals surface area contributed by atoms with E-state index in [9.17, 15) is 0 Å². The maximum Gasteiger partial charge on any atom is 0.0253 e. The summed E-state index contributed by atoms with van der Waals surface area (Å²) in [6, 6.07) is 1.63. The second kappa shape index (κ2) is 4.06. The maximum absolute atomic E-state index is 3.63. The molecule has 2 fully saturated rings. The van der Waals surface area contributed by atoms with Gasteiger partial charge in [-0.2, -0.15) is 0 Å². The van der Waals surface area contributed by atoms with Gasteiger partial charge in [0.15, 0.2) is 0 Å². The molecule has 2 nitrogen and oxygen atoms in total. The van der Waals surface area contributed by atoms with Gasteiger partial charge in [-0.15, -0.1) is 0 Å². The van der Waals surface area contributed by atoms with Crippen molar-refractivity contribution >= 4 is 0 Å². The van der Waals surface area contributed by atoms with Crippen LogP contribution in [0.1, 0.15) is 47.0 Å². The molecule has 0 aromatic rings. The highest BCUT2D eigenvalue weighted by molar-refractivity contribution is 5.01. The van der Waals surface area contributed by atoms with Gasteiger partial charge in [0.2, 0.25) is 0 Å². The van der Waals surface area contributed by atoms with Gasteiger partial charge >= 0.3 is 0 Å². The molecular formula is C13H26N2. The minimum atomic E-state index is 0.311. The van der Waals surface area contributed by atoms with Crippen LogP contribution in [-0.4, -0.2) is 35.6 Å². The van der Waals surface area contributed by atoms with Crippen molar-refractivity contribution in [3.63, 3.8) is 0 Å². The molecule has 1 aliphatic heterocycles. The van der Waals surface area contributed by atoms with Gasteiger partial charge in [0.25, 0.3) is 0 Å². The van der Waals surface area contributed by atoms with Gasteiger partial charge in [-0.3, -0.25) is 4.90 Å². The molecule has 1 heterocycles. The lowest BCUT2D eigenvalue weighted by Gasteiger charge is -2.44. The number of hydrogen-bond donors (Lipinski definition) is 1. The van der Waals surface area contributed by atoms with Crippen molar-refractivity contribution in [1.82, 2.24) is 10.2 Å². The molecule has 3 atom stereocenters. The molecule has 0 amide bonds. The van der Waals surface area contributed by atoms with E-state index >= 15 is 0 Å². The Balaban J connectivity index is 1.91. The van der Waals surface area contributed by atoms with Crippen LogP contribution in [0.4, 0.5) is 0 Å². The van der Waals surface area contributed by atoms with Crippen LogP contribution in [0, 0.1) is 5.92 Å². The molecule has 1 saturated heterocycles. The second-order valence-electron chi connectivity index (χ2n) is 6.14. The predicted molar refractivity (Wildman–Crippen MR) is 65.1 cm³/mol. The van der Waals surface area contributed by atoms with Crippen LogP contribution in [0.3, 0.4) is 0 Å². The van der Waals surface area contributed by atoms with E-state index in [1.807, 2.05) is 0 Å². The Hall–Kier alpha value is -0.0800. The lowest BCUT2D eigenvalue weighted by molar-refractivity contribution is 0.0914. The van der Waals surface area contributed by atoms with Crippen LogP contribution in [0.2, 0.25) is 0 Å². The summed E-state index contributed by atoms with van der Waals surface area (Å²) in [5.74, 6) is 1.01. The fourth-order valence-corrected chi connectivity index (χ4v) is 2.97. The second-order valence-corrected chi connectivity index (χ2v) is 6.14. The van der Waals surface area contributed by atoms with Gasteiger partial charge in [0.1, 0.15) is 0 Å². The maximum atomic E-state index is 3.63. The van der Waals surface area contributed by atoms with E-state index in [0.29, 0.717) is 5.54 Å². The van der Waals surface area contributed by atoms with E-state index < -0.39 is 0 Å². The summed E-state index contributed by atoms with van der Waals surface area (Å²) in [6.45, 7) is 11.7. The van der Waals surface area contributed by atoms with Crippen molar-refractivity contribution in [1.29, 1.82) is 0 Å². The number of nitrogens with zero attached hydrogens (tertiary/aromatic N) is 1. The lowest BCUT2D eigenvalue weighted by atomic mass is 9.99. The van der Waals surface area contributed by atoms with Crippen LogP contribution in [0.25, 0.3) is 0 Å². The Morgan fingerprint density at radius 3 is 2.80 bits per heavy atom. The Morgan fingerprint density at radius 2 is 2.13 bits per heavy atom. The fraction of sp³-hybridized carbons (Fsp3) is 1.00. The van der Waals surface area contributed by atoms with Crippen molar-refractivity contribution in [2.45, 2.75) is 64.6 Å². The molecular weight excluding hydrogens is 184 g/mol. The van der Waals surface area contributed by atoms with Crippen LogP contribution in [-0.2, 0) is 0 Å². The molecule has 2 heteroatoms. The first-order chi connectivity index (χ1) is 7.03. The third kappa shape index (κ3) is 2.54. The van der Waals surface area contributed by atoms with E-state index in [4.69, 9.17) is 0 Å². The molecule has 1 saturated carbocycles. The average Bonchev–Trinajstić information content (AvgIpc) is 2.90. The highest BCUT2D eigenvalue weighted by Crippen LogP contribution is 2.41. The van der Waals surface area contributed by atoms with Crippen LogP contribution < -0.4 is 5.32 Å².